The number of carbonyl (C=O) groups excluding carboxylic acids is 3. The lowest BCUT2D eigenvalue weighted by Gasteiger charge is -2.19. The SMILES string of the molecule is COC(=O)c1ccc(NC(=O)CCC(C)CNC(=O)[C@@H](CC(=O)O)n2ccc(-c3ccc(-c4ccccc4)cc3)c2)cc1. The van der Waals surface area contributed by atoms with E-state index in [-0.39, 0.29) is 24.7 Å². The van der Waals surface area contributed by atoms with Crippen molar-refractivity contribution in [3.05, 3.63) is 103 Å². The summed E-state index contributed by atoms with van der Waals surface area (Å²) in [5.41, 5.74) is 4.99. The van der Waals surface area contributed by atoms with Crippen LogP contribution in [-0.4, -0.2) is 47.1 Å². The molecule has 0 saturated heterocycles. The van der Waals surface area contributed by atoms with Crippen LogP contribution in [0.1, 0.15) is 42.6 Å². The molecule has 3 N–H and O–H groups in total. The second-order valence-electron chi connectivity index (χ2n) is 10.4. The number of hydrogen-bond acceptors (Lipinski definition) is 5. The van der Waals surface area contributed by atoms with Crippen LogP contribution in [0.5, 0.6) is 0 Å². The molecule has 9 nitrogen and oxygen atoms in total. The quantitative estimate of drug-likeness (QED) is 0.171. The number of carbonyl (C=O) groups is 4. The van der Waals surface area contributed by atoms with Gasteiger partial charge in [-0.3, -0.25) is 14.4 Å². The second-order valence-corrected chi connectivity index (χ2v) is 10.4. The van der Waals surface area contributed by atoms with Crippen LogP contribution >= 0.6 is 0 Å². The number of amides is 2. The van der Waals surface area contributed by atoms with Crippen molar-refractivity contribution in [2.24, 2.45) is 5.92 Å². The van der Waals surface area contributed by atoms with Crippen LogP contribution < -0.4 is 10.6 Å². The highest BCUT2D eigenvalue weighted by molar-refractivity contribution is 5.93. The number of nitrogens with zero attached hydrogens (tertiary/aromatic N) is 1. The van der Waals surface area contributed by atoms with E-state index in [1.165, 1.54) is 7.11 Å². The maximum atomic E-state index is 13.1. The molecule has 2 amide bonds. The fourth-order valence-corrected chi connectivity index (χ4v) is 4.67. The van der Waals surface area contributed by atoms with Gasteiger partial charge in [0, 0.05) is 31.0 Å². The van der Waals surface area contributed by atoms with Gasteiger partial charge in [0.15, 0.2) is 0 Å². The zero-order valence-corrected chi connectivity index (χ0v) is 24.2. The first kappa shape index (κ1) is 30.8. The molecule has 0 aliphatic carbocycles. The minimum atomic E-state index is -1.08. The fraction of sp³-hybridized carbons (Fsp3) is 0.235. The summed E-state index contributed by atoms with van der Waals surface area (Å²) >= 11 is 0. The van der Waals surface area contributed by atoms with Crippen molar-refractivity contribution < 1.29 is 29.0 Å². The number of esters is 1. The topological polar surface area (TPSA) is 127 Å². The number of benzene rings is 3. The Balaban J connectivity index is 1.30. The van der Waals surface area contributed by atoms with Gasteiger partial charge in [-0.05, 0) is 64.9 Å². The highest BCUT2D eigenvalue weighted by Gasteiger charge is 2.24. The van der Waals surface area contributed by atoms with Gasteiger partial charge in [0.25, 0.3) is 0 Å². The van der Waals surface area contributed by atoms with Crippen molar-refractivity contribution in [1.82, 2.24) is 9.88 Å². The van der Waals surface area contributed by atoms with E-state index in [4.69, 9.17) is 0 Å². The maximum absolute atomic E-state index is 13.1. The van der Waals surface area contributed by atoms with Gasteiger partial charge in [-0.1, -0.05) is 61.5 Å². The lowest BCUT2D eigenvalue weighted by molar-refractivity contribution is -0.140. The number of aromatic nitrogens is 1. The third kappa shape index (κ3) is 8.65. The lowest BCUT2D eigenvalue weighted by atomic mass is 10.0. The molecule has 0 fully saturated rings. The number of hydrogen-bond donors (Lipinski definition) is 3. The molecule has 222 valence electrons. The minimum absolute atomic E-state index is 0.0229. The van der Waals surface area contributed by atoms with E-state index < -0.39 is 23.9 Å². The zero-order valence-electron chi connectivity index (χ0n) is 24.2. The van der Waals surface area contributed by atoms with E-state index in [1.54, 1.807) is 41.2 Å². The molecule has 0 bridgehead atoms. The van der Waals surface area contributed by atoms with Gasteiger partial charge in [0.1, 0.15) is 6.04 Å². The molecular formula is C34H35N3O6. The van der Waals surface area contributed by atoms with E-state index in [0.717, 1.165) is 22.3 Å². The Kier molecular flexibility index (Phi) is 10.5. The summed E-state index contributed by atoms with van der Waals surface area (Å²) in [7, 11) is 1.30. The van der Waals surface area contributed by atoms with Gasteiger partial charge in [0.05, 0.1) is 19.1 Å². The summed E-state index contributed by atoms with van der Waals surface area (Å²) in [5, 5.41) is 15.1. The first-order chi connectivity index (χ1) is 20.7. The molecule has 1 aromatic heterocycles. The molecular weight excluding hydrogens is 546 g/mol. The first-order valence-corrected chi connectivity index (χ1v) is 14.0. The summed E-state index contributed by atoms with van der Waals surface area (Å²) in [4.78, 5) is 48.7. The van der Waals surface area contributed by atoms with Crippen LogP contribution in [-0.2, 0) is 19.1 Å². The lowest BCUT2D eigenvalue weighted by Crippen LogP contribution is -2.36. The Morgan fingerprint density at radius 3 is 2.09 bits per heavy atom. The predicted molar refractivity (Wildman–Crippen MR) is 164 cm³/mol. The predicted octanol–water partition coefficient (Wildman–Crippen LogP) is 5.80. The van der Waals surface area contributed by atoms with Gasteiger partial charge in [0.2, 0.25) is 11.8 Å². The molecule has 1 unspecified atom stereocenters. The third-order valence-corrected chi connectivity index (χ3v) is 7.15. The molecule has 0 aliphatic rings. The van der Waals surface area contributed by atoms with Gasteiger partial charge in [-0.15, -0.1) is 0 Å². The number of rotatable bonds is 13. The van der Waals surface area contributed by atoms with Crippen molar-refractivity contribution in [3.63, 3.8) is 0 Å². The fourth-order valence-electron chi connectivity index (χ4n) is 4.67. The zero-order chi connectivity index (χ0) is 30.8. The molecule has 0 spiro atoms. The Hall–Kier alpha value is -5.18. The largest absolute Gasteiger partial charge is 0.481 e. The van der Waals surface area contributed by atoms with Crippen LogP contribution in [0, 0.1) is 5.92 Å². The van der Waals surface area contributed by atoms with E-state index in [0.29, 0.717) is 24.2 Å². The van der Waals surface area contributed by atoms with Crippen molar-refractivity contribution >= 4 is 29.4 Å². The summed E-state index contributed by atoms with van der Waals surface area (Å²) in [5.74, 6) is -2.14. The minimum Gasteiger partial charge on any atom is -0.481 e. The Bertz CT molecular complexity index is 1550. The van der Waals surface area contributed by atoms with E-state index in [1.807, 2.05) is 67.6 Å². The number of carboxylic acid groups (broad SMARTS) is 1. The Labute approximate surface area is 250 Å². The number of ether oxygens (including phenoxy) is 1. The number of nitrogens with one attached hydrogen (secondary N) is 2. The molecule has 9 heteroatoms. The van der Waals surface area contributed by atoms with Crippen LogP contribution in [0.3, 0.4) is 0 Å². The highest BCUT2D eigenvalue weighted by Crippen LogP contribution is 2.27. The monoisotopic (exact) mass is 581 g/mol. The molecule has 0 saturated carbocycles. The molecule has 43 heavy (non-hydrogen) atoms. The summed E-state index contributed by atoms with van der Waals surface area (Å²) < 4.78 is 6.30. The third-order valence-electron chi connectivity index (χ3n) is 7.15. The summed E-state index contributed by atoms with van der Waals surface area (Å²) in [6.07, 6.45) is 3.90. The average Bonchev–Trinajstić information content (AvgIpc) is 3.52. The number of anilines is 1. The number of aliphatic carboxylic acids is 1. The van der Waals surface area contributed by atoms with Crippen LogP contribution in [0.4, 0.5) is 5.69 Å². The highest BCUT2D eigenvalue weighted by atomic mass is 16.5. The number of methoxy groups -OCH3 is 1. The first-order valence-electron chi connectivity index (χ1n) is 14.0. The van der Waals surface area contributed by atoms with E-state index >= 15 is 0 Å². The molecule has 4 rings (SSSR count). The van der Waals surface area contributed by atoms with Gasteiger partial charge < -0.3 is 25.0 Å². The molecule has 1 heterocycles. The van der Waals surface area contributed by atoms with Crippen molar-refractivity contribution in [3.8, 4) is 22.3 Å². The van der Waals surface area contributed by atoms with E-state index in [9.17, 15) is 24.3 Å². The van der Waals surface area contributed by atoms with Crippen molar-refractivity contribution in [2.75, 3.05) is 19.0 Å². The second kappa shape index (κ2) is 14.6. The normalized spacial score (nSPS) is 12.1. The Morgan fingerprint density at radius 2 is 1.47 bits per heavy atom. The van der Waals surface area contributed by atoms with Gasteiger partial charge in [-0.25, -0.2) is 4.79 Å². The van der Waals surface area contributed by atoms with Crippen molar-refractivity contribution in [1.29, 1.82) is 0 Å². The molecule has 3 aromatic carbocycles. The van der Waals surface area contributed by atoms with Crippen LogP contribution in [0.25, 0.3) is 22.3 Å². The van der Waals surface area contributed by atoms with Crippen molar-refractivity contribution in [2.45, 2.75) is 32.2 Å². The smallest absolute Gasteiger partial charge is 0.337 e. The summed E-state index contributed by atoms with van der Waals surface area (Å²) in [6.45, 7) is 2.21. The standard InChI is InChI=1S/C34H35N3O6/c1-23(8-17-31(38)36-29-15-13-27(14-16-29)34(42)43-2)21-35-33(41)30(20-32(39)40)37-19-18-28(22-37)26-11-9-25(10-12-26)24-6-4-3-5-7-24/h3-7,9-16,18-19,22-23,30H,8,17,20-21H2,1-2H3,(H,35,41)(H,36,38)(H,39,40)/t23?,30-/m1/s1. The average molecular weight is 582 g/mol. The molecule has 4 aromatic rings. The number of carboxylic acids is 1. The van der Waals surface area contributed by atoms with Crippen LogP contribution in [0.15, 0.2) is 97.3 Å². The molecule has 0 radical (unpaired) electrons. The van der Waals surface area contributed by atoms with Gasteiger partial charge >= 0.3 is 11.9 Å². The van der Waals surface area contributed by atoms with Gasteiger partial charge in [-0.2, -0.15) is 0 Å². The van der Waals surface area contributed by atoms with Crippen LogP contribution in [0.2, 0.25) is 0 Å². The summed E-state index contributed by atoms with van der Waals surface area (Å²) in [6, 6.07) is 25.5. The molecule has 2 atom stereocenters. The molecule has 0 aliphatic heterocycles. The maximum Gasteiger partial charge on any atom is 0.337 e. The van der Waals surface area contributed by atoms with E-state index in [2.05, 4.69) is 15.4 Å². The Morgan fingerprint density at radius 1 is 0.837 bits per heavy atom.